The monoisotopic (exact) mass is 441 g/mol. The maximum atomic E-state index is 13.3. The predicted molar refractivity (Wildman–Crippen MR) is 129 cm³/mol. The van der Waals surface area contributed by atoms with Crippen LogP contribution in [0.15, 0.2) is 78.4 Å². The van der Waals surface area contributed by atoms with Crippen LogP contribution in [0, 0.1) is 11.7 Å². The van der Waals surface area contributed by atoms with Crippen LogP contribution >= 0.6 is 11.6 Å². The Morgan fingerprint density at radius 2 is 2.10 bits per heavy atom. The molecule has 0 spiro atoms. The van der Waals surface area contributed by atoms with Crippen LogP contribution < -0.4 is 5.32 Å². The number of nitrogens with zero attached hydrogens (tertiary/aromatic N) is 2. The lowest BCUT2D eigenvalue weighted by molar-refractivity contribution is 0.0921. The van der Waals surface area contributed by atoms with Crippen LogP contribution in [0.3, 0.4) is 0 Å². The highest BCUT2D eigenvalue weighted by molar-refractivity contribution is 6.31. The van der Waals surface area contributed by atoms with Crippen molar-refractivity contribution in [3.8, 4) is 0 Å². The van der Waals surface area contributed by atoms with Gasteiger partial charge in [0.2, 0.25) is 0 Å². The second-order valence-electron chi connectivity index (χ2n) is 8.60. The summed E-state index contributed by atoms with van der Waals surface area (Å²) in [6, 6.07) is 4.89. The molecule has 3 rings (SSSR count). The van der Waals surface area contributed by atoms with Gasteiger partial charge in [-0.15, -0.1) is 0 Å². The standard InChI is InChI=1S/C26H33ClFN3/c1-7-17(2)26-21(6)31-12-8-9-18(3)25(31)16-30(26)15-19(4)20(5)29-14-22-10-11-23(28)13-24(22)27/h7,10-11,13,15,18,25,29H,1,5-6,8-9,12,14,16H2,2-4H3/b19-15+,26-17-. The molecule has 0 saturated carbocycles. The lowest BCUT2D eigenvalue weighted by Crippen LogP contribution is -2.54. The first kappa shape index (κ1) is 23.2. The summed E-state index contributed by atoms with van der Waals surface area (Å²) in [5.74, 6) is 0.283. The number of piperazine rings is 1. The number of hydrogen-bond acceptors (Lipinski definition) is 3. The van der Waals surface area contributed by atoms with Crippen molar-refractivity contribution in [3.05, 3.63) is 94.9 Å². The summed E-state index contributed by atoms with van der Waals surface area (Å²) in [5.41, 5.74) is 5.97. The predicted octanol–water partition coefficient (Wildman–Crippen LogP) is 6.38. The number of rotatable bonds is 6. The number of hydrogen-bond donors (Lipinski definition) is 1. The van der Waals surface area contributed by atoms with Gasteiger partial charge < -0.3 is 15.1 Å². The topological polar surface area (TPSA) is 18.5 Å². The number of nitrogens with one attached hydrogen (secondary N) is 1. The smallest absolute Gasteiger partial charge is 0.124 e. The second kappa shape index (κ2) is 9.78. The van der Waals surface area contributed by atoms with Gasteiger partial charge in [-0.2, -0.15) is 0 Å². The Kier molecular flexibility index (Phi) is 7.32. The lowest BCUT2D eigenvalue weighted by atomic mass is 9.87. The van der Waals surface area contributed by atoms with Crippen LogP contribution in [0.25, 0.3) is 0 Å². The van der Waals surface area contributed by atoms with Crippen LogP contribution in [0.2, 0.25) is 5.02 Å². The van der Waals surface area contributed by atoms with E-state index < -0.39 is 0 Å². The number of piperidine rings is 1. The van der Waals surface area contributed by atoms with Gasteiger partial charge in [0.25, 0.3) is 0 Å². The molecular weight excluding hydrogens is 409 g/mol. The summed E-state index contributed by atoms with van der Waals surface area (Å²) >= 11 is 6.15. The Bertz CT molecular complexity index is 946. The van der Waals surface area contributed by atoms with Crippen LogP contribution in [-0.2, 0) is 6.54 Å². The van der Waals surface area contributed by atoms with Gasteiger partial charge >= 0.3 is 0 Å². The van der Waals surface area contributed by atoms with E-state index in [4.69, 9.17) is 11.6 Å². The summed E-state index contributed by atoms with van der Waals surface area (Å²) in [6.45, 7) is 21.5. The van der Waals surface area contributed by atoms with E-state index in [1.54, 1.807) is 6.07 Å². The molecule has 31 heavy (non-hydrogen) atoms. The largest absolute Gasteiger partial charge is 0.381 e. The highest BCUT2D eigenvalue weighted by Crippen LogP contribution is 2.37. The normalized spacial score (nSPS) is 23.4. The second-order valence-corrected chi connectivity index (χ2v) is 9.00. The fourth-order valence-corrected chi connectivity index (χ4v) is 4.68. The van der Waals surface area contributed by atoms with Crippen molar-refractivity contribution < 1.29 is 4.39 Å². The van der Waals surface area contributed by atoms with Gasteiger partial charge in [-0.05, 0) is 61.4 Å². The van der Waals surface area contributed by atoms with Gasteiger partial charge in [0.05, 0.1) is 11.4 Å². The minimum Gasteiger partial charge on any atom is -0.381 e. The minimum atomic E-state index is -0.336. The molecule has 2 fully saturated rings. The van der Waals surface area contributed by atoms with E-state index in [-0.39, 0.29) is 5.82 Å². The summed E-state index contributed by atoms with van der Waals surface area (Å²) in [7, 11) is 0. The fraction of sp³-hybridized carbons (Fsp3) is 0.385. The summed E-state index contributed by atoms with van der Waals surface area (Å²) in [5, 5.41) is 3.73. The van der Waals surface area contributed by atoms with Crippen molar-refractivity contribution in [2.45, 2.75) is 46.2 Å². The summed E-state index contributed by atoms with van der Waals surface area (Å²) < 4.78 is 13.3. The van der Waals surface area contributed by atoms with Crippen LogP contribution in [0.4, 0.5) is 4.39 Å². The average molecular weight is 442 g/mol. The fourth-order valence-electron chi connectivity index (χ4n) is 4.44. The van der Waals surface area contributed by atoms with E-state index in [1.165, 1.54) is 25.0 Å². The van der Waals surface area contributed by atoms with Crippen LogP contribution in [0.1, 0.15) is 39.2 Å². The number of halogens is 2. The third kappa shape index (κ3) is 5.07. The minimum absolute atomic E-state index is 0.336. The van der Waals surface area contributed by atoms with Gasteiger partial charge in [0, 0.05) is 42.6 Å². The van der Waals surface area contributed by atoms with E-state index in [0.29, 0.717) is 23.5 Å². The number of benzene rings is 1. The molecule has 0 bridgehead atoms. The van der Waals surface area contributed by atoms with E-state index in [0.717, 1.165) is 46.9 Å². The Hall–Kier alpha value is -2.46. The molecular formula is C26H33ClFN3. The van der Waals surface area contributed by atoms with E-state index in [9.17, 15) is 4.39 Å². The third-order valence-corrected chi connectivity index (χ3v) is 6.77. The lowest BCUT2D eigenvalue weighted by Gasteiger charge is -2.50. The maximum Gasteiger partial charge on any atom is 0.124 e. The Labute approximate surface area is 191 Å². The first-order chi connectivity index (χ1) is 14.7. The maximum absolute atomic E-state index is 13.3. The number of allylic oxidation sites excluding steroid dienone is 3. The molecule has 1 aromatic carbocycles. The third-order valence-electron chi connectivity index (χ3n) is 6.42. The molecule has 0 radical (unpaired) electrons. The molecule has 2 heterocycles. The first-order valence-electron chi connectivity index (χ1n) is 10.8. The van der Waals surface area contributed by atoms with Gasteiger partial charge in [-0.1, -0.05) is 50.4 Å². The summed E-state index contributed by atoms with van der Waals surface area (Å²) in [6.07, 6.45) is 6.50. The van der Waals surface area contributed by atoms with Crippen molar-refractivity contribution in [2.75, 3.05) is 13.1 Å². The Morgan fingerprint density at radius 3 is 2.77 bits per heavy atom. The van der Waals surface area contributed by atoms with Crippen LogP contribution in [0.5, 0.6) is 0 Å². The Morgan fingerprint density at radius 1 is 1.35 bits per heavy atom. The van der Waals surface area contributed by atoms with Crippen molar-refractivity contribution in [1.82, 2.24) is 15.1 Å². The van der Waals surface area contributed by atoms with Gasteiger partial charge in [-0.3, -0.25) is 0 Å². The van der Waals surface area contributed by atoms with Gasteiger partial charge in [0.1, 0.15) is 5.82 Å². The molecule has 0 aromatic heterocycles. The molecule has 0 aliphatic carbocycles. The highest BCUT2D eigenvalue weighted by Gasteiger charge is 2.37. The molecule has 0 amide bonds. The van der Waals surface area contributed by atoms with Crippen molar-refractivity contribution >= 4 is 11.6 Å². The highest BCUT2D eigenvalue weighted by atomic mass is 35.5. The molecule has 2 atom stereocenters. The Balaban J connectivity index is 1.80. The van der Waals surface area contributed by atoms with Crippen molar-refractivity contribution in [2.24, 2.45) is 5.92 Å². The zero-order valence-electron chi connectivity index (χ0n) is 18.8. The summed E-state index contributed by atoms with van der Waals surface area (Å²) in [4.78, 5) is 4.77. The molecule has 166 valence electrons. The molecule has 1 N–H and O–H groups in total. The molecule has 3 nitrogen and oxygen atoms in total. The molecule has 2 aliphatic heterocycles. The van der Waals surface area contributed by atoms with Crippen molar-refractivity contribution in [3.63, 3.8) is 0 Å². The molecule has 5 heteroatoms. The molecule has 2 unspecified atom stereocenters. The first-order valence-corrected chi connectivity index (χ1v) is 11.2. The van der Waals surface area contributed by atoms with Gasteiger partial charge in [-0.25, -0.2) is 4.39 Å². The zero-order valence-corrected chi connectivity index (χ0v) is 19.6. The van der Waals surface area contributed by atoms with E-state index in [1.807, 2.05) is 13.0 Å². The zero-order chi connectivity index (χ0) is 22.7. The van der Waals surface area contributed by atoms with E-state index >= 15 is 0 Å². The average Bonchev–Trinajstić information content (AvgIpc) is 2.73. The number of fused-ring (bicyclic) bond motifs is 1. The molecule has 1 aromatic rings. The molecule has 2 aliphatic rings. The quantitative estimate of drug-likeness (QED) is 0.517. The SMILES string of the molecule is C=C/C(C)=C1/C(=C)N2CCCC(C)C2CN1/C=C(\C)C(=C)NCc1ccc(F)cc1Cl. The van der Waals surface area contributed by atoms with E-state index in [2.05, 4.69) is 54.9 Å². The van der Waals surface area contributed by atoms with Crippen LogP contribution in [-0.4, -0.2) is 28.9 Å². The molecule has 2 saturated heterocycles. The van der Waals surface area contributed by atoms with Crippen molar-refractivity contribution in [1.29, 1.82) is 0 Å². The van der Waals surface area contributed by atoms with Gasteiger partial charge in [0.15, 0.2) is 0 Å².